The molecule has 8 nitrogen and oxygen atoms in total. The summed E-state index contributed by atoms with van der Waals surface area (Å²) < 4.78 is 0. The molecule has 1 aliphatic rings. The van der Waals surface area contributed by atoms with Gasteiger partial charge in [-0.1, -0.05) is 57.3 Å². The van der Waals surface area contributed by atoms with Crippen LogP contribution in [0, 0.1) is 11.3 Å². The average Bonchev–Trinajstić information content (AvgIpc) is 3.19. The smallest absolute Gasteiger partial charge is 0.319 e. The van der Waals surface area contributed by atoms with Crippen LogP contribution in [-0.2, 0) is 9.59 Å². The minimum Gasteiger partial charge on any atom is -0.331 e. The van der Waals surface area contributed by atoms with Gasteiger partial charge in [0.05, 0.1) is 10.7 Å². The highest BCUT2D eigenvalue weighted by Crippen LogP contribution is 2.27. The molecule has 1 aliphatic carbocycles. The number of para-hydroxylation sites is 1. The fraction of sp³-hybridized carbons (Fsp3) is 0.571. The van der Waals surface area contributed by atoms with Crippen molar-refractivity contribution in [3.63, 3.8) is 0 Å². The van der Waals surface area contributed by atoms with Crippen molar-refractivity contribution in [2.45, 2.75) is 52.5 Å². The van der Waals surface area contributed by atoms with Crippen molar-refractivity contribution in [1.29, 1.82) is 0 Å². The molecule has 1 fully saturated rings. The van der Waals surface area contributed by atoms with E-state index >= 15 is 0 Å². The van der Waals surface area contributed by atoms with Crippen molar-refractivity contribution in [1.82, 2.24) is 15.7 Å². The van der Waals surface area contributed by atoms with Gasteiger partial charge >= 0.3 is 6.03 Å². The normalized spacial score (nSPS) is 15.4. The highest BCUT2D eigenvalue weighted by molar-refractivity contribution is 6.33. The molecule has 4 N–H and O–H groups in total. The summed E-state index contributed by atoms with van der Waals surface area (Å²) in [7, 11) is 0. The van der Waals surface area contributed by atoms with Gasteiger partial charge in [-0.05, 0) is 36.3 Å². The van der Waals surface area contributed by atoms with Gasteiger partial charge in [-0.3, -0.25) is 14.8 Å². The van der Waals surface area contributed by atoms with E-state index in [0.29, 0.717) is 23.2 Å². The van der Waals surface area contributed by atoms with Crippen LogP contribution in [-0.4, -0.2) is 47.1 Å². The van der Waals surface area contributed by atoms with Crippen LogP contribution in [0.1, 0.15) is 46.5 Å². The van der Waals surface area contributed by atoms with Gasteiger partial charge in [0, 0.05) is 6.54 Å². The maximum atomic E-state index is 13.4. The zero-order valence-corrected chi connectivity index (χ0v) is 18.5. The molecular formula is C21H31ClN4O4. The average molecular weight is 439 g/mol. The Morgan fingerprint density at radius 2 is 1.83 bits per heavy atom. The maximum absolute atomic E-state index is 13.4. The Labute approximate surface area is 182 Å². The van der Waals surface area contributed by atoms with E-state index in [1.165, 1.54) is 4.90 Å². The van der Waals surface area contributed by atoms with Gasteiger partial charge in [0.15, 0.2) is 0 Å². The number of rotatable bonds is 7. The third-order valence-electron chi connectivity index (χ3n) is 5.23. The van der Waals surface area contributed by atoms with Crippen molar-refractivity contribution >= 4 is 35.1 Å². The molecule has 9 heteroatoms. The van der Waals surface area contributed by atoms with Crippen LogP contribution in [0.25, 0.3) is 0 Å². The third kappa shape index (κ3) is 6.88. The van der Waals surface area contributed by atoms with Crippen LogP contribution < -0.4 is 16.1 Å². The number of hydroxylamine groups is 1. The second-order valence-electron chi connectivity index (χ2n) is 8.78. The molecular weight excluding hydrogens is 408 g/mol. The molecule has 1 aromatic carbocycles. The Morgan fingerprint density at radius 1 is 1.20 bits per heavy atom. The van der Waals surface area contributed by atoms with E-state index < -0.39 is 23.4 Å². The molecule has 4 amide bonds. The van der Waals surface area contributed by atoms with Crippen molar-refractivity contribution in [2.24, 2.45) is 11.3 Å². The summed E-state index contributed by atoms with van der Waals surface area (Å²) in [5.41, 5.74) is 1.40. The molecule has 30 heavy (non-hydrogen) atoms. The van der Waals surface area contributed by atoms with Gasteiger partial charge in [0.1, 0.15) is 12.6 Å². The quantitative estimate of drug-likeness (QED) is 0.386. The van der Waals surface area contributed by atoms with Gasteiger partial charge in [0.2, 0.25) is 5.91 Å². The molecule has 0 bridgehead atoms. The lowest BCUT2D eigenvalue weighted by atomic mass is 9.85. The molecule has 0 saturated heterocycles. The van der Waals surface area contributed by atoms with E-state index in [9.17, 15) is 14.4 Å². The lowest BCUT2D eigenvalue weighted by Gasteiger charge is -2.35. The Bertz CT molecular complexity index is 760. The van der Waals surface area contributed by atoms with E-state index in [1.807, 2.05) is 20.8 Å². The summed E-state index contributed by atoms with van der Waals surface area (Å²) in [6.07, 6.45) is 4.18. The largest absolute Gasteiger partial charge is 0.331 e. The van der Waals surface area contributed by atoms with E-state index in [-0.39, 0.29) is 12.5 Å². The summed E-state index contributed by atoms with van der Waals surface area (Å²) in [6.45, 7) is 5.65. The third-order valence-corrected chi connectivity index (χ3v) is 5.56. The SMILES string of the molecule is CC(C)(C)[C@H](NC(=O)Nc1ccccc1Cl)C(=O)N(CC(=O)NO)CC1CCCC1. The predicted octanol–water partition coefficient (Wildman–Crippen LogP) is 3.40. The van der Waals surface area contributed by atoms with Gasteiger partial charge in [-0.2, -0.15) is 0 Å². The molecule has 2 rings (SSSR count). The van der Waals surface area contributed by atoms with E-state index in [0.717, 1.165) is 25.7 Å². The number of urea groups is 1. The first-order valence-electron chi connectivity index (χ1n) is 10.2. The number of carbonyl (C=O) groups excluding carboxylic acids is 3. The molecule has 0 aliphatic heterocycles. The van der Waals surface area contributed by atoms with E-state index in [4.69, 9.17) is 16.8 Å². The van der Waals surface area contributed by atoms with Crippen molar-refractivity contribution in [2.75, 3.05) is 18.4 Å². The Balaban J connectivity index is 2.16. The maximum Gasteiger partial charge on any atom is 0.319 e. The second-order valence-corrected chi connectivity index (χ2v) is 9.19. The minimum atomic E-state index is -0.882. The van der Waals surface area contributed by atoms with E-state index in [2.05, 4.69) is 10.6 Å². The molecule has 1 saturated carbocycles. The molecule has 1 atom stereocenters. The molecule has 0 aromatic heterocycles. The zero-order valence-electron chi connectivity index (χ0n) is 17.7. The number of amides is 4. The molecule has 0 heterocycles. The van der Waals surface area contributed by atoms with Crippen LogP contribution in [0.3, 0.4) is 0 Å². The predicted molar refractivity (Wildman–Crippen MR) is 115 cm³/mol. The molecule has 0 unspecified atom stereocenters. The molecule has 166 valence electrons. The van der Waals surface area contributed by atoms with Gasteiger partial charge in [-0.25, -0.2) is 10.3 Å². The van der Waals surface area contributed by atoms with E-state index in [1.54, 1.807) is 29.7 Å². The molecule has 0 spiro atoms. The Morgan fingerprint density at radius 3 is 2.40 bits per heavy atom. The molecule has 0 radical (unpaired) electrons. The number of carbonyl (C=O) groups is 3. The van der Waals surface area contributed by atoms with Crippen molar-refractivity contribution in [3.8, 4) is 0 Å². The fourth-order valence-corrected chi connectivity index (χ4v) is 3.81. The van der Waals surface area contributed by atoms with Gasteiger partial charge < -0.3 is 15.5 Å². The minimum absolute atomic E-state index is 0.272. The topological polar surface area (TPSA) is 111 Å². The number of nitrogens with one attached hydrogen (secondary N) is 3. The Kier molecular flexibility index (Phi) is 8.49. The number of nitrogens with zero attached hydrogens (tertiary/aromatic N) is 1. The lowest BCUT2D eigenvalue weighted by Crippen LogP contribution is -2.57. The van der Waals surface area contributed by atoms with Crippen molar-refractivity contribution < 1.29 is 19.6 Å². The standard InChI is InChI=1S/C21H31ClN4O4/c1-21(2,3)18(24-20(29)23-16-11-7-6-10-15(16)22)19(28)26(13-17(27)25-30)12-14-8-4-5-9-14/h6-7,10-11,14,18,30H,4-5,8-9,12-13H2,1-3H3,(H,25,27)(H2,23,24,29)/t18-/m1/s1. The van der Waals surface area contributed by atoms with Crippen LogP contribution in [0.5, 0.6) is 0 Å². The van der Waals surface area contributed by atoms with Gasteiger partial charge in [0.25, 0.3) is 5.91 Å². The summed E-state index contributed by atoms with van der Waals surface area (Å²) in [5.74, 6) is -0.736. The number of hydrogen-bond acceptors (Lipinski definition) is 4. The van der Waals surface area contributed by atoms with Crippen molar-refractivity contribution in [3.05, 3.63) is 29.3 Å². The zero-order chi connectivity index (χ0) is 22.3. The number of anilines is 1. The summed E-state index contributed by atoms with van der Waals surface area (Å²) in [6, 6.07) is 5.36. The first-order chi connectivity index (χ1) is 14.1. The number of benzene rings is 1. The number of halogens is 1. The Hall–Kier alpha value is -2.32. The first kappa shape index (κ1) is 24.0. The highest BCUT2D eigenvalue weighted by Gasteiger charge is 2.37. The van der Waals surface area contributed by atoms with Crippen LogP contribution in [0.2, 0.25) is 5.02 Å². The van der Waals surface area contributed by atoms with Gasteiger partial charge in [-0.15, -0.1) is 0 Å². The monoisotopic (exact) mass is 438 g/mol. The second kappa shape index (κ2) is 10.6. The lowest BCUT2D eigenvalue weighted by molar-refractivity contribution is -0.142. The first-order valence-corrected chi connectivity index (χ1v) is 10.5. The van der Waals surface area contributed by atoms with Crippen LogP contribution in [0.15, 0.2) is 24.3 Å². The number of hydrogen-bond donors (Lipinski definition) is 4. The fourth-order valence-electron chi connectivity index (χ4n) is 3.63. The van der Waals surface area contributed by atoms with Crippen LogP contribution in [0.4, 0.5) is 10.5 Å². The summed E-state index contributed by atoms with van der Waals surface area (Å²) in [4.78, 5) is 39.2. The summed E-state index contributed by atoms with van der Waals surface area (Å²) >= 11 is 6.09. The highest BCUT2D eigenvalue weighted by atomic mass is 35.5. The molecule has 1 aromatic rings. The van der Waals surface area contributed by atoms with Crippen LogP contribution >= 0.6 is 11.6 Å². The summed E-state index contributed by atoms with van der Waals surface area (Å²) in [5, 5.41) is 14.7.